The van der Waals surface area contributed by atoms with E-state index in [0.29, 0.717) is 0 Å². The van der Waals surface area contributed by atoms with Crippen molar-refractivity contribution in [1.29, 1.82) is 0 Å². The Labute approximate surface area is 119 Å². The average molecular weight is 364 g/mol. The van der Waals surface area contributed by atoms with E-state index in [9.17, 15) is 0 Å². The largest absolute Gasteiger partial charge is 0.342 e. The Morgan fingerprint density at radius 3 is 1.88 bits per heavy atom. The Bertz CT molecular complexity index is 317. The molecule has 17 heavy (non-hydrogen) atoms. The molecule has 2 rings (SSSR count). The zero-order valence-electron chi connectivity index (χ0n) is 9.52. The maximum Gasteiger partial charge on any atom is 0.184 e. The molecule has 0 bridgehead atoms. The zero-order chi connectivity index (χ0) is 12.1. The van der Waals surface area contributed by atoms with Crippen LogP contribution in [0.1, 0.15) is 24.7 Å². The maximum atomic E-state index is 5.98. The van der Waals surface area contributed by atoms with E-state index in [1.165, 1.54) is 0 Å². The molecule has 94 valence electrons. The molecule has 1 aromatic carbocycles. The number of hydrogen-bond acceptors (Lipinski definition) is 2. The molecule has 0 amide bonds. The van der Waals surface area contributed by atoms with Gasteiger partial charge in [0.15, 0.2) is 6.29 Å². The maximum absolute atomic E-state index is 5.98. The molecular formula is C13H16Br2O2. The smallest absolute Gasteiger partial charge is 0.184 e. The van der Waals surface area contributed by atoms with Crippen molar-refractivity contribution in [3.05, 3.63) is 35.9 Å². The Morgan fingerprint density at radius 1 is 0.882 bits per heavy atom. The third-order valence-corrected chi connectivity index (χ3v) is 3.79. The molecule has 0 spiro atoms. The van der Waals surface area contributed by atoms with E-state index in [4.69, 9.17) is 9.47 Å². The standard InChI is InChI=1S/C13H16Br2O2/c14-8-6-11-12(7-9-15)17-13(16-11)10-4-2-1-3-5-10/h1-5,11-13H,6-9H2/t11-,12-/m1/s1. The molecule has 0 aliphatic carbocycles. The van der Waals surface area contributed by atoms with E-state index >= 15 is 0 Å². The molecule has 1 aliphatic rings. The van der Waals surface area contributed by atoms with Crippen LogP contribution < -0.4 is 0 Å². The molecule has 4 heteroatoms. The topological polar surface area (TPSA) is 18.5 Å². The number of benzene rings is 1. The molecule has 0 radical (unpaired) electrons. The predicted octanol–water partition coefficient (Wildman–Crippen LogP) is 4.04. The first-order valence-electron chi connectivity index (χ1n) is 5.83. The van der Waals surface area contributed by atoms with Gasteiger partial charge < -0.3 is 9.47 Å². The lowest BCUT2D eigenvalue weighted by Gasteiger charge is -2.13. The first-order valence-corrected chi connectivity index (χ1v) is 8.07. The summed E-state index contributed by atoms with van der Waals surface area (Å²) in [6, 6.07) is 10.1. The minimum atomic E-state index is -0.204. The van der Waals surface area contributed by atoms with Gasteiger partial charge in [0.1, 0.15) is 0 Å². The Balaban J connectivity index is 2.03. The van der Waals surface area contributed by atoms with Gasteiger partial charge in [-0.1, -0.05) is 62.2 Å². The van der Waals surface area contributed by atoms with Crippen molar-refractivity contribution in [1.82, 2.24) is 0 Å². The molecule has 2 nitrogen and oxygen atoms in total. The summed E-state index contributed by atoms with van der Waals surface area (Å²) in [4.78, 5) is 0. The molecule has 0 aromatic heterocycles. The van der Waals surface area contributed by atoms with Crippen LogP contribution in [0.15, 0.2) is 30.3 Å². The first kappa shape index (κ1) is 13.5. The second kappa shape index (κ2) is 6.88. The summed E-state index contributed by atoms with van der Waals surface area (Å²) in [5.74, 6) is 0. The van der Waals surface area contributed by atoms with E-state index in [1.54, 1.807) is 0 Å². The summed E-state index contributed by atoms with van der Waals surface area (Å²) >= 11 is 6.93. The van der Waals surface area contributed by atoms with Gasteiger partial charge in [-0.05, 0) is 12.8 Å². The van der Waals surface area contributed by atoms with Crippen LogP contribution in [0.25, 0.3) is 0 Å². The highest BCUT2D eigenvalue weighted by Crippen LogP contribution is 2.34. The van der Waals surface area contributed by atoms with Gasteiger partial charge in [-0.15, -0.1) is 0 Å². The van der Waals surface area contributed by atoms with Crippen molar-refractivity contribution in [2.75, 3.05) is 10.7 Å². The molecule has 1 saturated heterocycles. The van der Waals surface area contributed by atoms with E-state index in [1.807, 2.05) is 30.3 Å². The van der Waals surface area contributed by atoms with Gasteiger partial charge >= 0.3 is 0 Å². The second-order valence-corrected chi connectivity index (χ2v) is 5.63. The number of ether oxygens (including phenoxy) is 2. The van der Waals surface area contributed by atoms with E-state index < -0.39 is 0 Å². The molecule has 1 aliphatic heterocycles. The lowest BCUT2D eigenvalue weighted by atomic mass is 10.1. The van der Waals surface area contributed by atoms with Crippen molar-refractivity contribution < 1.29 is 9.47 Å². The third-order valence-electron chi connectivity index (χ3n) is 2.87. The van der Waals surface area contributed by atoms with Gasteiger partial charge in [0.25, 0.3) is 0 Å². The molecule has 0 N–H and O–H groups in total. The van der Waals surface area contributed by atoms with Crippen LogP contribution in [0.3, 0.4) is 0 Å². The van der Waals surface area contributed by atoms with Crippen molar-refractivity contribution in [3.8, 4) is 0 Å². The molecule has 0 saturated carbocycles. The zero-order valence-corrected chi connectivity index (χ0v) is 12.7. The fourth-order valence-electron chi connectivity index (χ4n) is 2.02. The first-order chi connectivity index (χ1) is 8.35. The second-order valence-electron chi connectivity index (χ2n) is 4.05. The minimum Gasteiger partial charge on any atom is -0.342 e. The highest BCUT2D eigenvalue weighted by molar-refractivity contribution is 9.09. The Kier molecular flexibility index (Phi) is 5.48. The van der Waals surface area contributed by atoms with Crippen molar-refractivity contribution in [3.63, 3.8) is 0 Å². The van der Waals surface area contributed by atoms with Crippen LogP contribution in [0, 0.1) is 0 Å². The third kappa shape index (κ3) is 3.53. The van der Waals surface area contributed by atoms with E-state index in [2.05, 4.69) is 31.9 Å². The SMILES string of the molecule is BrCC[C@H]1OC(c2ccccc2)O[C@@H]1CCBr. The minimum absolute atomic E-state index is 0.192. The van der Waals surface area contributed by atoms with Gasteiger partial charge in [-0.3, -0.25) is 0 Å². The van der Waals surface area contributed by atoms with Crippen LogP contribution >= 0.6 is 31.9 Å². The van der Waals surface area contributed by atoms with E-state index in [-0.39, 0.29) is 18.5 Å². The molecule has 1 aromatic rings. The van der Waals surface area contributed by atoms with Crippen LogP contribution in [-0.4, -0.2) is 22.9 Å². The van der Waals surface area contributed by atoms with Crippen molar-refractivity contribution in [2.24, 2.45) is 0 Å². The quantitative estimate of drug-likeness (QED) is 0.735. The van der Waals surface area contributed by atoms with Crippen LogP contribution in [0.2, 0.25) is 0 Å². The highest BCUT2D eigenvalue weighted by Gasteiger charge is 2.35. The predicted molar refractivity (Wildman–Crippen MR) is 75.8 cm³/mol. The Hall–Kier alpha value is 0.100. The van der Waals surface area contributed by atoms with Crippen LogP contribution in [0.4, 0.5) is 0 Å². The number of alkyl halides is 2. The Morgan fingerprint density at radius 2 is 1.41 bits per heavy atom. The molecule has 1 heterocycles. The van der Waals surface area contributed by atoms with Gasteiger partial charge in [-0.25, -0.2) is 0 Å². The van der Waals surface area contributed by atoms with Gasteiger partial charge in [0.2, 0.25) is 0 Å². The highest BCUT2D eigenvalue weighted by atomic mass is 79.9. The van der Waals surface area contributed by atoms with Crippen molar-refractivity contribution >= 4 is 31.9 Å². The number of halogens is 2. The summed E-state index contributed by atoms with van der Waals surface area (Å²) in [6.45, 7) is 0. The number of hydrogen-bond donors (Lipinski definition) is 0. The summed E-state index contributed by atoms with van der Waals surface area (Å²) in [5.41, 5.74) is 1.10. The molecular weight excluding hydrogens is 348 g/mol. The molecule has 1 fully saturated rings. The van der Waals surface area contributed by atoms with Gasteiger partial charge in [-0.2, -0.15) is 0 Å². The number of rotatable bonds is 5. The lowest BCUT2D eigenvalue weighted by molar-refractivity contribution is -0.0690. The van der Waals surface area contributed by atoms with Crippen LogP contribution in [0.5, 0.6) is 0 Å². The van der Waals surface area contributed by atoms with Crippen LogP contribution in [-0.2, 0) is 9.47 Å². The fraction of sp³-hybridized carbons (Fsp3) is 0.538. The fourth-order valence-corrected chi connectivity index (χ4v) is 2.92. The summed E-state index contributed by atoms with van der Waals surface area (Å²) in [6.07, 6.45) is 2.15. The summed E-state index contributed by atoms with van der Waals surface area (Å²) in [7, 11) is 0. The van der Waals surface area contributed by atoms with Gasteiger partial charge in [0.05, 0.1) is 12.2 Å². The van der Waals surface area contributed by atoms with E-state index in [0.717, 1.165) is 29.1 Å². The lowest BCUT2D eigenvalue weighted by Crippen LogP contribution is -2.23. The van der Waals surface area contributed by atoms with Crippen molar-refractivity contribution in [2.45, 2.75) is 31.3 Å². The summed E-state index contributed by atoms with van der Waals surface area (Å²) in [5, 5.41) is 1.89. The molecule has 0 unspecified atom stereocenters. The van der Waals surface area contributed by atoms with Gasteiger partial charge in [0, 0.05) is 16.2 Å². The summed E-state index contributed by atoms with van der Waals surface area (Å²) < 4.78 is 12.0. The normalized spacial score (nSPS) is 25.3. The average Bonchev–Trinajstić information content (AvgIpc) is 2.75. The monoisotopic (exact) mass is 362 g/mol. The molecule has 2 atom stereocenters.